The summed E-state index contributed by atoms with van der Waals surface area (Å²) in [5.74, 6) is -0.728. The summed E-state index contributed by atoms with van der Waals surface area (Å²) in [6.07, 6.45) is 1.49. The first-order valence-electron chi connectivity index (χ1n) is 9.17. The summed E-state index contributed by atoms with van der Waals surface area (Å²) in [4.78, 5) is 25.8. The topological polar surface area (TPSA) is 137 Å². The summed E-state index contributed by atoms with van der Waals surface area (Å²) in [7, 11) is 0. The van der Waals surface area contributed by atoms with Crippen LogP contribution < -0.4 is 10.6 Å². The summed E-state index contributed by atoms with van der Waals surface area (Å²) >= 11 is 0.934. The van der Waals surface area contributed by atoms with Crippen molar-refractivity contribution in [3.05, 3.63) is 79.6 Å². The number of benzene rings is 1. The van der Waals surface area contributed by atoms with E-state index in [0.717, 1.165) is 11.3 Å². The van der Waals surface area contributed by atoms with Gasteiger partial charge in [0, 0.05) is 28.6 Å². The van der Waals surface area contributed by atoms with Crippen LogP contribution in [0.5, 0.6) is 0 Å². The average molecular weight is 417 g/mol. The first kappa shape index (κ1) is 19.4. The van der Waals surface area contributed by atoms with Gasteiger partial charge in [-0.3, -0.25) is 19.8 Å². The number of hydrogen-bond acceptors (Lipinski definition) is 8. The molecule has 1 aromatic carbocycles. The first-order valence-corrected chi connectivity index (χ1v) is 9.99. The van der Waals surface area contributed by atoms with E-state index in [4.69, 9.17) is 5.73 Å². The van der Waals surface area contributed by atoms with E-state index in [1.807, 2.05) is 0 Å². The lowest BCUT2D eigenvalue weighted by Crippen LogP contribution is -2.38. The van der Waals surface area contributed by atoms with Crippen molar-refractivity contribution in [2.24, 2.45) is 5.73 Å². The van der Waals surface area contributed by atoms with E-state index in [1.165, 1.54) is 6.07 Å². The second-order valence-electron chi connectivity index (χ2n) is 6.88. The molecule has 2 aliphatic rings. The predicted molar refractivity (Wildman–Crippen MR) is 110 cm³/mol. The van der Waals surface area contributed by atoms with E-state index in [1.54, 1.807) is 35.2 Å². The normalized spacial score (nSPS) is 18.7. The summed E-state index contributed by atoms with van der Waals surface area (Å²) in [5.41, 5.74) is 8.53. The maximum Gasteiger partial charge on any atom is 0.324 e. The molecule has 0 unspecified atom stereocenters. The smallest absolute Gasteiger partial charge is 0.324 e. The van der Waals surface area contributed by atoms with Crippen molar-refractivity contribution in [2.75, 3.05) is 4.90 Å². The van der Waals surface area contributed by atoms with Crippen molar-refractivity contribution >= 4 is 27.8 Å². The summed E-state index contributed by atoms with van der Waals surface area (Å²) < 4.78 is 0. The van der Waals surface area contributed by atoms with Gasteiger partial charge in [-0.2, -0.15) is 10.5 Å². The molecule has 0 saturated heterocycles. The highest BCUT2D eigenvalue weighted by Gasteiger charge is 2.41. The van der Waals surface area contributed by atoms with E-state index in [0.29, 0.717) is 46.7 Å². The number of anilines is 1. The maximum absolute atomic E-state index is 13.0. The fourth-order valence-corrected chi connectivity index (χ4v) is 4.95. The van der Waals surface area contributed by atoms with Gasteiger partial charge >= 0.3 is 5.00 Å². The Morgan fingerprint density at radius 3 is 2.60 bits per heavy atom. The Labute approximate surface area is 175 Å². The summed E-state index contributed by atoms with van der Waals surface area (Å²) in [5, 5.41) is 30.6. The molecule has 0 radical (unpaired) electrons. The molecule has 30 heavy (non-hydrogen) atoms. The lowest BCUT2D eigenvalue weighted by Gasteiger charge is -2.39. The standard InChI is InChI=1S/C21H15N5O3S/c22-10-12-4-1-2-5-14(12)25-15-6-3-7-16(27)20(15)19(13(11-23)21(25)24)17-8-9-18(30-17)26(28)29/h1-2,4-5,8-9,19H,3,6-7,24H2/t19-/m0/s1. The van der Waals surface area contributed by atoms with E-state index in [9.17, 15) is 25.4 Å². The Kier molecular flexibility index (Phi) is 4.82. The van der Waals surface area contributed by atoms with Gasteiger partial charge in [-0.05, 0) is 31.0 Å². The number of ketones is 1. The van der Waals surface area contributed by atoms with E-state index in [-0.39, 0.29) is 22.2 Å². The summed E-state index contributed by atoms with van der Waals surface area (Å²) in [6.45, 7) is 0. The van der Waals surface area contributed by atoms with Gasteiger partial charge in [0.25, 0.3) is 0 Å². The first-order chi connectivity index (χ1) is 14.5. The lowest BCUT2D eigenvalue weighted by atomic mass is 9.78. The number of nitrogens with two attached hydrogens (primary N) is 1. The monoisotopic (exact) mass is 417 g/mol. The Morgan fingerprint density at radius 2 is 1.93 bits per heavy atom. The molecule has 0 bridgehead atoms. The van der Waals surface area contributed by atoms with Gasteiger partial charge in [0.05, 0.1) is 33.7 Å². The third-order valence-corrected chi connectivity index (χ3v) is 6.36. The van der Waals surface area contributed by atoms with Crippen molar-refractivity contribution in [1.82, 2.24) is 0 Å². The molecule has 1 aliphatic heterocycles. The second-order valence-corrected chi connectivity index (χ2v) is 7.97. The minimum atomic E-state index is -0.748. The number of hydrogen-bond donors (Lipinski definition) is 1. The number of allylic oxidation sites excluding steroid dienone is 3. The van der Waals surface area contributed by atoms with Crippen LogP contribution in [0.25, 0.3) is 0 Å². The zero-order valence-electron chi connectivity index (χ0n) is 15.7. The molecule has 0 amide bonds. The lowest BCUT2D eigenvalue weighted by molar-refractivity contribution is -0.380. The highest BCUT2D eigenvalue weighted by molar-refractivity contribution is 7.15. The van der Waals surface area contributed by atoms with Crippen LogP contribution in [-0.4, -0.2) is 10.7 Å². The quantitative estimate of drug-likeness (QED) is 0.591. The van der Waals surface area contributed by atoms with Crippen LogP contribution in [0.3, 0.4) is 0 Å². The van der Waals surface area contributed by atoms with Gasteiger partial charge in [-0.25, -0.2) is 0 Å². The number of nitrogens with zero attached hydrogens (tertiary/aromatic N) is 4. The molecule has 2 heterocycles. The van der Waals surface area contributed by atoms with Gasteiger partial charge in [0.1, 0.15) is 11.9 Å². The number of carbonyl (C=O) groups is 1. The van der Waals surface area contributed by atoms with Crippen molar-refractivity contribution in [1.29, 1.82) is 10.5 Å². The number of rotatable bonds is 3. The van der Waals surface area contributed by atoms with Gasteiger partial charge < -0.3 is 5.73 Å². The molecule has 8 nitrogen and oxygen atoms in total. The number of carbonyl (C=O) groups excluding carboxylic acids is 1. The van der Waals surface area contributed by atoms with Crippen LogP contribution in [-0.2, 0) is 4.79 Å². The SMILES string of the molecule is N#CC1=C(N)N(c2ccccc2C#N)C2=C(C(=O)CCC2)[C@@H]1c1ccc([N+](=O)[O-])s1. The highest BCUT2D eigenvalue weighted by atomic mass is 32.1. The van der Waals surface area contributed by atoms with Crippen LogP contribution in [0.4, 0.5) is 10.7 Å². The minimum absolute atomic E-state index is 0.0662. The number of Topliss-reactive ketones (excluding diaryl/α,β-unsaturated/α-hetero) is 1. The molecular weight excluding hydrogens is 402 g/mol. The van der Waals surface area contributed by atoms with Crippen LogP contribution in [0.2, 0.25) is 0 Å². The number of nitriles is 2. The molecule has 0 fully saturated rings. The molecule has 1 aromatic heterocycles. The van der Waals surface area contributed by atoms with E-state index in [2.05, 4.69) is 12.1 Å². The third-order valence-electron chi connectivity index (χ3n) is 5.26. The van der Waals surface area contributed by atoms with Crippen molar-refractivity contribution < 1.29 is 9.72 Å². The van der Waals surface area contributed by atoms with E-state index < -0.39 is 10.8 Å². The second kappa shape index (κ2) is 7.47. The largest absolute Gasteiger partial charge is 0.384 e. The van der Waals surface area contributed by atoms with Crippen molar-refractivity contribution in [3.63, 3.8) is 0 Å². The Bertz CT molecular complexity index is 1230. The fraction of sp³-hybridized carbons (Fsp3) is 0.190. The zero-order chi connectivity index (χ0) is 21.4. The number of nitro groups is 1. The molecule has 2 N–H and O–H groups in total. The van der Waals surface area contributed by atoms with Crippen LogP contribution in [0.15, 0.2) is 59.1 Å². The average Bonchev–Trinajstić information content (AvgIpc) is 3.23. The highest BCUT2D eigenvalue weighted by Crippen LogP contribution is 2.48. The molecule has 4 rings (SSSR count). The molecule has 148 valence electrons. The van der Waals surface area contributed by atoms with Crippen LogP contribution in [0, 0.1) is 32.8 Å². The number of thiophene rings is 1. The Hall–Kier alpha value is -3.95. The van der Waals surface area contributed by atoms with Gasteiger partial charge in [0.15, 0.2) is 5.78 Å². The number of para-hydroxylation sites is 1. The molecule has 2 aromatic rings. The van der Waals surface area contributed by atoms with Crippen LogP contribution in [0.1, 0.15) is 35.6 Å². The molecule has 1 atom stereocenters. The van der Waals surface area contributed by atoms with Crippen molar-refractivity contribution in [2.45, 2.75) is 25.2 Å². The predicted octanol–water partition coefficient (Wildman–Crippen LogP) is 3.83. The molecule has 1 aliphatic carbocycles. The molecule has 0 spiro atoms. The minimum Gasteiger partial charge on any atom is -0.384 e. The molecule has 9 heteroatoms. The summed E-state index contributed by atoms with van der Waals surface area (Å²) in [6, 6.07) is 14.0. The van der Waals surface area contributed by atoms with Gasteiger partial charge in [-0.15, -0.1) is 0 Å². The third kappa shape index (κ3) is 2.93. The Balaban J connectivity index is 1.98. The molecule has 0 saturated carbocycles. The van der Waals surface area contributed by atoms with Gasteiger partial charge in [-0.1, -0.05) is 23.5 Å². The Morgan fingerprint density at radius 1 is 1.17 bits per heavy atom. The van der Waals surface area contributed by atoms with E-state index >= 15 is 0 Å². The van der Waals surface area contributed by atoms with Crippen LogP contribution >= 0.6 is 11.3 Å². The van der Waals surface area contributed by atoms with Gasteiger partial charge in [0.2, 0.25) is 0 Å². The van der Waals surface area contributed by atoms with Crippen molar-refractivity contribution in [3.8, 4) is 12.1 Å². The fourth-order valence-electron chi connectivity index (χ4n) is 4.00. The maximum atomic E-state index is 13.0. The zero-order valence-corrected chi connectivity index (χ0v) is 16.5. The molecular formula is C21H15N5O3S.